The van der Waals surface area contributed by atoms with Gasteiger partial charge in [-0.15, -0.1) is 0 Å². The smallest absolute Gasteiger partial charge is 0.271 e. The molecule has 2 aromatic rings. The third-order valence-corrected chi connectivity index (χ3v) is 2.27. The van der Waals surface area contributed by atoms with Crippen LogP contribution in [0.1, 0.15) is 21.6 Å². The number of rotatable bonds is 3. The number of primary amides is 1. The third kappa shape index (κ3) is 2.30. The number of carbonyl (C=O) groups excluding carboxylic acids is 1. The summed E-state index contributed by atoms with van der Waals surface area (Å²) in [6.45, 7) is 0. The van der Waals surface area contributed by atoms with E-state index in [1.165, 1.54) is 6.26 Å². The minimum Gasteiger partial charge on any atom is -0.364 e. The van der Waals surface area contributed by atoms with Gasteiger partial charge in [-0.3, -0.25) is 4.79 Å². The van der Waals surface area contributed by atoms with Crippen molar-refractivity contribution in [2.24, 2.45) is 5.73 Å². The molecular formula is C11H8F2N2O2. The SMILES string of the molecule is NC(=O)c1nocc1Cc1cc(F)ccc1F. The van der Waals surface area contributed by atoms with Crippen LogP contribution in [0.2, 0.25) is 0 Å². The van der Waals surface area contributed by atoms with E-state index in [0.29, 0.717) is 5.56 Å². The van der Waals surface area contributed by atoms with Crippen LogP contribution >= 0.6 is 0 Å². The molecule has 6 heteroatoms. The molecule has 0 spiro atoms. The molecule has 17 heavy (non-hydrogen) atoms. The number of halogens is 2. The monoisotopic (exact) mass is 238 g/mol. The Kier molecular flexibility index (Phi) is 2.86. The molecule has 1 heterocycles. The molecular weight excluding hydrogens is 230 g/mol. The fourth-order valence-corrected chi connectivity index (χ4v) is 1.47. The molecule has 0 saturated carbocycles. The Morgan fingerprint density at radius 2 is 2.12 bits per heavy atom. The average molecular weight is 238 g/mol. The van der Waals surface area contributed by atoms with Crippen LogP contribution in [-0.4, -0.2) is 11.1 Å². The number of carbonyl (C=O) groups is 1. The number of amides is 1. The first-order valence-electron chi connectivity index (χ1n) is 4.75. The average Bonchev–Trinajstić information content (AvgIpc) is 2.71. The summed E-state index contributed by atoms with van der Waals surface area (Å²) in [5.41, 5.74) is 5.40. The van der Waals surface area contributed by atoms with E-state index in [1.807, 2.05) is 0 Å². The molecule has 1 aromatic carbocycles. The molecule has 4 nitrogen and oxygen atoms in total. The van der Waals surface area contributed by atoms with E-state index in [1.54, 1.807) is 0 Å². The lowest BCUT2D eigenvalue weighted by Crippen LogP contribution is -2.14. The number of hydrogen-bond donors (Lipinski definition) is 1. The summed E-state index contributed by atoms with van der Waals surface area (Å²) in [6, 6.07) is 3.08. The first-order valence-corrected chi connectivity index (χ1v) is 4.75. The van der Waals surface area contributed by atoms with Gasteiger partial charge in [-0.1, -0.05) is 5.16 Å². The van der Waals surface area contributed by atoms with E-state index >= 15 is 0 Å². The van der Waals surface area contributed by atoms with Crippen LogP contribution in [0.4, 0.5) is 8.78 Å². The maximum absolute atomic E-state index is 13.4. The molecule has 0 bridgehead atoms. The van der Waals surface area contributed by atoms with Gasteiger partial charge in [0.25, 0.3) is 5.91 Å². The highest BCUT2D eigenvalue weighted by Gasteiger charge is 2.15. The normalized spacial score (nSPS) is 10.5. The van der Waals surface area contributed by atoms with Gasteiger partial charge < -0.3 is 10.3 Å². The Hall–Kier alpha value is -2.24. The van der Waals surface area contributed by atoms with Crippen molar-refractivity contribution in [1.82, 2.24) is 5.16 Å². The van der Waals surface area contributed by atoms with Crippen LogP contribution in [-0.2, 0) is 6.42 Å². The van der Waals surface area contributed by atoms with Crippen LogP contribution in [0.3, 0.4) is 0 Å². The van der Waals surface area contributed by atoms with Crippen molar-refractivity contribution in [2.75, 3.05) is 0 Å². The number of benzene rings is 1. The Balaban J connectivity index is 2.34. The Bertz CT molecular complexity index is 566. The third-order valence-electron chi connectivity index (χ3n) is 2.27. The molecule has 1 aromatic heterocycles. The molecule has 2 rings (SSSR count). The fourth-order valence-electron chi connectivity index (χ4n) is 1.47. The summed E-state index contributed by atoms with van der Waals surface area (Å²) >= 11 is 0. The number of nitrogens with zero attached hydrogens (tertiary/aromatic N) is 1. The van der Waals surface area contributed by atoms with Crippen LogP contribution in [0.15, 0.2) is 29.0 Å². The van der Waals surface area contributed by atoms with Crippen molar-refractivity contribution in [1.29, 1.82) is 0 Å². The molecule has 0 radical (unpaired) electrons. The Labute approximate surface area is 95.0 Å². The summed E-state index contributed by atoms with van der Waals surface area (Å²) in [6.07, 6.45) is 1.18. The number of hydrogen-bond acceptors (Lipinski definition) is 3. The zero-order valence-corrected chi connectivity index (χ0v) is 8.61. The van der Waals surface area contributed by atoms with E-state index in [0.717, 1.165) is 18.2 Å². The molecule has 0 aliphatic carbocycles. The minimum absolute atomic E-state index is 0.00856. The van der Waals surface area contributed by atoms with Crippen molar-refractivity contribution < 1.29 is 18.1 Å². The lowest BCUT2D eigenvalue weighted by Gasteiger charge is -2.01. The van der Waals surface area contributed by atoms with Crippen molar-refractivity contribution in [3.63, 3.8) is 0 Å². The Morgan fingerprint density at radius 3 is 2.82 bits per heavy atom. The lowest BCUT2D eigenvalue weighted by atomic mass is 10.0. The summed E-state index contributed by atoms with van der Waals surface area (Å²) in [5.74, 6) is -1.90. The predicted molar refractivity (Wildman–Crippen MR) is 54.2 cm³/mol. The van der Waals surface area contributed by atoms with Gasteiger partial charge in [-0.05, 0) is 23.8 Å². The van der Waals surface area contributed by atoms with Gasteiger partial charge >= 0.3 is 0 Å². The minimum atomic E-state index is -0.773. The maximum atomic E-state index is 13.4. The van der Waals surface area contributed by atoms with Crippen LogP contribution < -0.4 is 5.73 Å². The van der Waals surface area contributed by atoms with Gasteiger partial charge in [-0.2, -0.15) is 0 Å². The van der Waals surface area contributed by atoms with E-state index in [9.17, 15) is 13.6 Å². The van der Waals surface area contributed by atoms with Gasteiger partial charge in [0.2, 0.25) is 0 Å². The van der Waals surface area contributed by atoms with Crippen molar-refractivity contribution in [2.45, 2.75) is 6.42 Å². The largest absolute Gasteiger partial charge is 0.364 e. The van der Waals surface area contributed by atoms with Crippen molar-refractivity contribution in [3.05, 3.63) is 52.9 Å². The molecule has 2 N–H and O–H groups in total. The molecule has 0 atom stereocenters. The second kappa shape index (κ2) is 4.32. The lowest BCUT2D eigenvalue weighted by molar-refractivity contribution is 0.0991. The van der Waals surface area contributed by atoms with Gasteiger partial charge in [0.1, 0.15) is 17.9 Å². The number of nitrogens with two attached hydrogens (primary N) is 1. The molecule has 0 aliphatic heterocycles. The summed E-state index contributed by atoms with van der Waals surface area (Å²) in [5, 5.41) is 3.40. The molecule has 1 amide bonds. The maximum Gasteiger partial charge on any atom is 0.271 e. The van der Waals surface area contributed by atoms with E-state index in [-0.39, 0.29) is 17.7 Å². The van der Waals surface area contributed by atoms with Gasteiger partial charge in [-0.25, -0.2) is 8.78 Å². The summed E-state index contributed by atoms with van der Waals surface area (Å²) in [7, 11) is 0. The molecule has 0 aliphatic rings. The summed E-state index contributed by atoms with van der Waals surface area (Å²) < 4.78 is 30.9. The van der Waals surface area contributed by atoms with Crippen molar-refractivity contribution in [3.8, 4) is 0 Å². The topological polar surface area (TPSA) is 69.1 Å². The highest BCUT2D eigenvalue weighted by Crippen LogP contribution is 2.17. The second-order valence-electron chi connectivity index (χ2n) is 3.47. The highest BCUT2D eigenvalue weighted by atomic mass is 19.1. The van der Waals surface area contributed by atoms with E-state index in [2.05, 4.69) is 9.68 Å². The van der Waals surface area contributed by atoms with Gasteiger partial charge in [0.15, 0.2) is 5.69 Å². The predicted octanol–water partition coefficient (Wildman–Crippen LogP) is 1.64. The molecule has 0 unspecified atom stereocenters. The molecule has 88 valence electrons. The van der Waals surface area contributed by atoms with E-state index in [4.69, 9.17) is 5.73 Å². The molecule has 0 fully saturated rings. The van der Waals surface area contributed by atoms with Crippen LogP contribution in [0, 0.1) is 11.6 Å². The quantitative estimate of drug-likeness (QED) is 0.883. The fraction of sp³-hybridized carbons (Fsp3) is 0.0909. The van der Waals surface area contributed by atoms with Crippen LogP contribution in [0.5, 0.6) is 0 Å². The first-order chi connectivity index (χ1) is 8.08. The highest BCUT2D eigenvalue weighted by molar-refractivity contribution is 5.92. The van der Waals surface area contributed by atoms with Crippen molar-refractivity contribution >= 4 is 5.91 Å². The van der Waals surface area contributed by atoms with Gasteiger partial charge in [0.05, 0.1) is 0 Å². The molecule has 0 saturated heterocycles. The first kappa shape index (κ1) is 11.3. The number of aromatic nitrogens is 1. The second-order valence-corrected chi connectivity index (χ2v) is 3.47. The van der Waals surface area contributed by atoms with Crippen LogP contribution in [0.25, 0.3) is 0 Å². The zero-order chi connectivity index (χ0) is 12.4. The summed E-state index contributed by atoms with van der Waals surface area (Å²) in [4.78, 5) is 11.0. The van der Waals surface area contributed by atoms with Gasteiger partial charge in [0, 0.05) is 12.0 Å². The Morgan fingerprint density at radius 1 is 1.35 bits per heavy atom. The van der Waals surface area contributed by atoms with E-state index < -0.39 is 17.5 Å². The zero-order valence-electron chi connectivity index (χ0n) is 8.61. The standard InChI is InChI=1S/C11H8F2N2O2/c12-8-1-2-9(13)6(4-8)3-7-5-17-15-10(7)11(14)16/h1-2,4-5H,3H2,(H2,14,16).